The number of pyridine rings is 2. The summed E-state index contributed by atoms with van der Waals surface area (Å²) < 4.78 is 0. The first-order chi connectivity index (χ1) is 24.2. The van der Waals surface area contributed by atoms with Crippen molar-refractivity contribution in [1.29, 1.82) is 0 Å². The molecule has 1 saturated heterocycles. The van der Waals surface area contributed by atoms with E-state index in [1.54, 1.807) is 40.5 Å². The van der Waals surface area contributed by atoms with Crippen molar-refractivity contribution in [2.75, 3.05) is 37.3 Å². The van der Waals surface area contributed by atoms with E-state index < -0.39 is 10.8 Å². The monoisotopic (exact) mass is 671 g/mol. The van der Waals surface area contributed by atoms with Crippen LogP contribution < -0.4 is 16.0 Å². The van der Waals surface area contributed by atoms with Crippen molar-refractivity contribution in [3.05, 3.63) is 119 Å². The lowest BCUT2D eigenvalue weighted by Crippen LogP contribution is -2.51. The van der Waals surface area contributed by atoms with Gasteiger partial charge in [0.05, 0.1) is 11.0 Å². The molecular weight excluding hydrogens is 630 g/mol. The molecule has 50 heavy (non-hydrogen) atoms. The first-order valence-corrected chi connectivity index (χ1v) is 17.1. The summed E-state index contributed by atoms with van der Waals surface area (Å²) in [5.74, 6) is 0.0363. The zero-order valence-electron chi connectivity index (χ0n) is 28.4. The Morgan fingerprint density at radius 3 is 2.46 bits per heavy atom. The Morgan fingerprint density at radius 2 is 1.70 bits per heavy atom. The topological polar surface area (TPSA) is 137 Å². The molecule has 11 heteroatoms. The first-order valence-electron chi connectivity index (χ1n) is 17.1. The lowest BCUT2D eigenvalue weighted by atomic mass is 9.78. The van der Waals surface area contributed by atoms with E-state index in [1.165, 1.54) is 0 Å². The van der Waals surface area contributed by atoms with Gasteiger partial charge in [0.1, 0.15) is 12.4 Å². The molecule has 11 nitrogen and oxygen atoms in total. The van der Waals surface area contributed by atoms with Gasteiger partial charge in [0, 0.05) is 61.4 Å². The summed E-state index contributed by atoms with van der Waals surface area (Å²) in [7, 11) is 1.88. The van der Waals surface area contributed by atoms with Gasteiger partial charge in [-0.1, -0.05) is 43.3 Å². The maximum atomic E-state index is 14.4. The third-order valence-electron chi connectivity index (χ3n) is 10.5. The second-order valence-electron chi connectivity index (χ2n) is 13.9. The minimum Gasteiger partial charge on any atom is -0.339 e. The van der Waals surface area contributed by atoms with E-state index in [0.717, 1.165) is 27.8 Å². The lowest BCUT2D eigenvalue weighted by molar-refractivity contribution is -0.146. The van der Waals surface area contributed by atoms with Gasteiger partial charge < -0.3 is 25.8 Å². The molecule has 4 aromatic rings. The van der Waals surface area contributed by atoms with Gasteiger partial charge in [-0.2, -0.15) is 0 Å². The molecule has 1 atom stereocenters. The maximum absolute atomic E-state index is 14.4. The summed E-state index contributed by atoms with van der Waals surface area (Å²) >= 11 is 0. The van der Waals surface area contributed by atoms with Crippen molar-refractivity contribution < 1.29 is 19.2 Å². The highest BCUT2D eigenvalue weighted by Gasteiger charge is 2.51. The molecule has 1 unspecified atom stereocenters. The molecule has 256 valence electrons. The third-order valence-corrected chi connectivity index (χ3v) is 10.5. The second-order valence-corrected chi connectivity index (χ2v) is 13.9. The number of rotatable bonds is 9. The Balaban J connectivity index is 1.08. The number of hydrogen-bond acceptors (Lipinski definition) is 7. The van der Waals surface area contributed by atoms with Gasteiger partial charge in [0.25, 0.3) is 5.91 Å². The Labute approximate surface area is 291 Å². The molecule has 0 bridgehead atoms. The molecule has 1 spiro atoms. The number of hydrogen-bond donors (Lipinski definition) is 3. The van der Waals surface area contributed by atoms with Crippen molar-refractivity contribution >= 4 is 35.1 Å². The number of nitrogens with zero attached hydrogens (tertiary/aromatic N) is 4. The molecule has 0 radical (unpaired) electrons. The molecule has 2 aliphatic heterocycles. The lowest BCUT2D eigenvalue weighted by Gasteiger charge is -2.41. The van der Waals surface area contributed by atoms with Crippen LogP contribution in [0, 0.1) is 5.41 Å². The Hall–Kier alpha value is -5.42. The quantitative estimate of drug-likeness (QED) is 0.244. The predicted molar refractivity (Wildman–Crippen MR) is 189 cm³/mol. The number of amides is 4. The van der Waals surface area contributed by atoms with Crippen LogP contribution in [0.25, 0.3) is 0 Å². The van der Waals surface area contributed by atoms with Crippen LogP contribution in [0.1, 0.15) is 57.9 Å². The highest BCUT2D eigenvalue weighted by molar-refractivity contribution is 6.06. The summed E-state index contributed by atoms with van der Waals surface area (Å²) in [5.41, 5.74) is 4.67. The SMILES string of the molecule is CNCc1ccccc1CN(CC(=O)Nc1ccc2c(c1)CC1(C2)C(=O)Nc2ncccc21)C(=O)C1(C)CCN(C(=O)c2cccnc2)CC1. The van der Waals surface area contributed by atoms with E-state index in [4.69, 9.17) is 0 Å². The van der Waals surface area contributed by atoms with Gasteiger partial charge in [-0.3, -0.25) is 24.2 Å². The summed E-state index contributed by atoms with van der Waals surface area (Å²) in [6, 6.07) is 21.0. The van der Waals surface area contributed by atoms with Crippen molar-refractivity contribution in [1.82, 2.24) is 25.1 Å². The fraction of sp³-hybridized carbons (Fsp3) is 0.333. The second kappa shape index (κ2) is 13.5. The van der Waals surface area contributed by atoms with Crippen LogP contribution in [0.2, 0.25) is 0 Å². The minimum absolute atomic E-state index is 0.0542. The fourth-order valence-corrected chi connectivity index (χ4v) is 7.67. The molecule has 2 aromatic carbocycles. The normalized spacial score (nSPS) is 18.7. The molecule has 1 fully saturated rings. The van der Waals surface area contributed by atoms with E-state index in [0.29, 0.717) is 62.4 Å². The van der Waals surface area contributed by atoms with Gasteiger partial charge in [0.15, 0.2) is 0 Å². The molecule has 1 aliphatic carbocycles. The van der Waals surface area contributed by atoms with Crippen LogP contribution >= 0.6 is 0 Å². The van der Waals surface area contributed by atoms with Crippen LogP contribution in [0.3, 0.4) is 0 Å². The van der Waals surface area contributed by atoms with Crippen molar-refractivity contribution in [2.24, 2.45) is 5.41 Å². The van der Waals surface area contributed by atoms with Crippen molar-refractivity contribution in [2.45, 2.75) is 51.1 Å². The zero-order chi connectivity index (χ0) is 34.9. The largest absolute Gasteiger partial charge is 0.339 e. The minimum atomic E-state index is -0.751. The van der Waals surface area contributed by atoms with Gasteiger partial charge in [-0.25, -0.2) is 4.98 Å². The summed E-state index contributed by atoms with van der Waals surface area (Å²) in [6.07, 6.45) is 6.91. The molecule has 7 rings (SSSR count). The van der Waals surface area contributed by atoms with Crippen molar-refractivity contribution in [3.8, 4) is 0 Å². The van der Waals surface area contributed by atoms with E-state index >= 15 is 0 Å². The molecule has 4 amide bonds. The summed E-state index contributed by atoms with van der Waals surface area (Å²) in [4.78, 5) is 66.3. The highest BCUT2D eigenvalue weighted by Crippen LogP contribution is 2.47. The smallest absolute Gasteiger partial charge is 0.255 e. The molecule has 0 saturated carbocycles. The average molecular weight is 672 g/mol. The Bertz CT molecular complexity index is 1960. The van der Waals surface area contributed by atoms with E-state index in [-0.39, 0.29) is 36.7 Å². The van der Waals surface area contributed by atoms with Gasteiger partial charge in [-0.15, -0.1) is 0 Å². The van der Waals surface area contributed by atoms with Crippen molar-refractivity contribution in [3.63, 3.8) is 0 Å². The number of carbonyl (C=O) groups excluding carboxylic acids is 4. The van der Waals surface area contributed by atoms with Crippen LogP contribution in [0.15, 0.2) is 85.3 Å². The van der Waals surface area contributed by atoms with Crippen LogP contribution in [0.5, 0.6) is 0 Å². The summed E-state index contributed by atoms with van der Waals surface area (Å²) in [5, 5.41) is 9.16. The highest BCUT2D eigenvalue weighted by atomic mass is 16.2. The molecule has 3 aliphatic rings. The number of carbonyl (C=O) groups is 4. The van der Waals surface area contributed by atoms with Gasteiger partial charge >= 0.3 is 0 Å². The first kappa shape index (κ1) is 33.1. The number of piperidine rings is 1. The van der Waals surface area contributed by atoms with Crippen LogP contribution in [0.4, 0.5) is 11.5 Å². The number of anilines is 2. The maximum Gasteiger partial charge on any atom is 0.255 e. The van der Waals surface area contributed by atoms with Gasteiger partial charge in [-0.05, 0) is 85.3 Å². The van der Waals surface area contributed by atoms with E-state index in [1.807, 2.05) is 68.6 Å². The molecular formula is C39H41N7O4. The Morgan fingerprint density at radius 1 is 0.940 bits per heavy atom. The van der Waals surface area contributed by atoms with Gasteiger partial charge in [0.2, 0.25) is 17.7 Å². The number of fused-ring (bicyclic) bond motifs is 3. The molecule has 3 N–H and O–H groups in total. The molecule has 2 aromatic heterocycles. The summed E-state index contributed by atoms with van der Waals surface area (Å²) in [6.45, 7) is 3.57. The fourth-order valence-electron chi connectivity index (χ4n) is 7.67. The van der Waals surface area contributed by atoms with E-state index in [2.05, 4.69) is 25.9 Å². The van der Waals surface area contributed by atoms with E-state index in [9.17, 15) is 19.2 Å². The standard InChI is InChI=1S/C39H41N7O4/c1-38(13-17-45(18-14-38)35(48)28-9-5-15-41-23-28)37(50)46(24-29-8-4-3-7-27(29)22-40-2)25-33(47)43-31-12-11-26-20-39(21-30(26)19-31)32-10-6-16-42-34(32)44-36(39)49/h3-12,15-16,19,23,40H,13-14,17-18,20-22,24-25H2,1-2H3,(H,43,47)(H,42,44,49). The number of benzene rings is 2. The molecule has 4 heterocycles. The average Bonchev–Trinajstić information content (AvgIpc) is 3.65. The van der Waals surface area contributed by atoms with Crippen LogP contribution in [-0.4, -0.2) is 70.1 Å². The van der Waals surface area contributed by atoms with Crippen LogP contribution in [-0.2, 0) is 45.7 Å². The Kier molecular flexibility index (Phi) is 8.92. The predicted octanol–water partition coefficient (Wildman–Crippen LogP) is 4.09. The number of nitrogens with one attached hydrogen (secondary N) is 3. The zero-order valence-corrected chi connectivity index (χ0v) is 28.4. The number of aromatic nitrogens is 2. The third kappa shape index (κ3) is 6.24. The number of likely N-dealkylation sites (tertiary alicyclic amines) is 1.